The molecule has 0 amide bonds. The number of ether oxygens (including phenoxy) is 4. The summed E-state index contributed by atoms with van der Waals surface area (Å²) in [5, 5.41) is 0. The molecule has 0 radical (unpaired) electrons. The first-order valence-corrected chi connectivity index (χ1v) is 6.37. The van der Waals surface area contributed by atoms with E-state index in [-0.39, 0.29) is 24.8 Å². The van der Waals surface area contributed by atoms with Crippen molar-refractivity contribution in [2.45, 2.75) is 38.6 Å². The average Bonchev–Trinajstić information content (AvgIpc) is 2.98. The third-order valence-corrected chi connectivity index (χ3v) is 3.18. The van der Waals surface area contributed by atoms with Crippen molar-refractivity contribution in [3.63, 3.8) is 0 Å². The summed E-state index contributed by atoms with van der Waals surface area (Å²) >= 11 is 0. The number of hydrogen-bond donors (Lipinski definition) is 0. The van der Waals surface area contributed by atoms with Crippen molar-refractivity contribution >= 4 is 0 Å². The van der Waals surface area contributed by atoms with Gasteiger partial charge >= 0.3 is 0 Å². The molecule has 18 heavy (non-hydrogen) atoms. The van der Waals surface area contributed by atoms with Gasteiger partial charge in [0.1, 0.15) is 0 Å². The Labute approximate surface area is 107 Å². The molecule has 2 aliphatic rings. The summed E-state index contributed by atoms with van der Waals surface area (Å²) in [4.78, 5) is 0. The van der Waals surface area contributed by atoms with E-state index < -0.39 is 0 Å². The first kappa shape index (κ1) is 12.1. The van der Waals surface area contributed by atoms with Gasteiger partial charge in [0.15, 0.2) is 12.6 Å². The minimum atomic E-state index is -0.306. The highest BCUT2D eigenvalue weighted by molar-refractivity contribution is 5.30. The van der Waals surface area contributed by atoms with E-state index >= 15 is 0 Å². The van der Waals surface area contributed by atoms with Crippen LogP contribution in [0.1, 0.15) is 37.6 Å². The van der Waals surface area contributed by atoms with Crippen LogP contribution in [0.15, 0.2) is 24.3 Å². The van der Waals surface area contributed by atoms with Crippen LogP contribution in [0.4, 0.5) is 0 Å². The maximum atomic E-state index is 5.74. The Morgan fingerprint density at radius 1 is 0.833 bits per heavy atom. The highest BCUT2D eigenvalue weighted by Crippen LogP contribution is 2.35. The second kappa shape index (κ2) is 4.97. The molecular weight excluding hydrogens is 232 g/mol. The van der Waals surface area contributed by atoms with Crippen LogP contribution < -0.4 is 0 Å². The van der Waals surface area contributed by atoms with Crippen LogP contribution in [0.25, 0.3) is 0 Å². The molecule has 0 spiro atoms. The summed E-state index contributed by atoms with van der Waals surface area (Å²) in [7, 11) is 0. The highest BCUT2D eigenvalue weighted by atomic mass is 16.7. The van der Waals surface area contributed by atoms with Gasteiger partial charge in [0, 0.05) is 11.1 Å². The minimum Gasteiger partial charge on any atom is -0.346 e. The van der Waals surface area contributed by atoms with Crippen molar-refractivity contribution in [3.05, 3.63) is 35.4 Å². The third-order valence-electron chi connectivity index (χ3n) is 3.18. The first-order chi connectivity index (χ1) is 8.74. The Morgan fingerprint density at radius 3 is 1.61 bits per heavy atom. The van der Waals surface area contributed by atoms with Crippen molar-refractivity contribution in [1.29, 1.82) is 0 Å². The molecular formula is C14H18O4. The van der Waals surface area contributed by atoms with Crippen LogP contribution in [-0.4, -0.2) is 25.4 Å². The van der Waals surface area contributed by atoms with Gasteiger partial charge in [-0.3, -0.25) is 0 Å². The summed E-state index contributed by atoms with van der Waals surface area (Å²) in [6.45, 7) is 5.27. The standard InChI is InChI=1S/C14H18O4/c1-9-7-15-13(17-9)11-5-3-4-6-12(11)14-16-8-10(2)18-14/h3-6,9-10,13-14H,7-8H2,1-2H3. The van der Waals surface area contributed by atoms with Gasteiger partial charge in [-0.05, 0) is 13.8 Å². The van der Waals surface area contributed by atoms with Crippen LogP contribution in [0.3, 0.4) is 0 Å². The lowest BCUT2D eigenvalue weighted by Crippen LogP contribution is -2.09. The zero-order chi connectivity index (χ0) is 12.5. The van der Waals surface area contributed by atoms with Gasteiger partial charge in [0.2, 0.25) is 0 Å². The molecule has 0 saturated carbocycles. The lowest BCUT2D eigenvalue weighted by Gasteiger charge is -2.18. The van der Waals surface area contributed by atoms with Crippen molar-refractivity contribution < 1.29 is 18.9 Å². The van der Waals surface area contributed by atoms with Crippen LogP contribution in [0.2, 0.25) is 0 Å². The van der Waals surface area contributed by atoms with Gasteiger partial charge in [-0.1, -0.05) is 24.3 Å². The monoisotopic (exact) mass is 250 g/mol. The van der Waals surface area contributed by atoms with E-state index in [1.54, 1.807) is 0 Å². The van der Waals surface area contributed by atoms with Crippen molar-refractivity contribution in [2.24, 2.45) is 0 Å². The van der Waals surface area contributed by atoms with Crippen molar-refractivity contribution in [1.82, 2.24) is 0 Å². The summed E-state index contributed by atoms with van der Waals surface area (Å²) in [5.41, 5.74) is 2.00. The van der Waals surface area contributed by atoms with E-state index in [0.29, 0.717) is 13.2 Å². The molecule has 3 rings (SSSR count). The maximum Gasteiger partial charge on any atom is 0.184 e. The zero-order valence-electron chi connectivity index (χ0n) is 10.7. The van der Waals surface area contributed by atoms with E-state index in [1.165, 1.54) is 0 Å². The molecule has 1 aromatic rings. The SMILES string of the molecule is CC1COC(c2ccccc2C2OCC(C)O2)O1. The molecule has 2 heterocycles. The molecule has 2 aliphatic heterocycles. The topological polar surface area (TPSA) is 36.9 Å². The smallest absolute Gasteiger partial charge is 0.184 e. The molecule has 4 heteroatoms. The number of rotatable bonds is 2. The van der Waals surface area contributed by atoms with Crippen molar-refractivity contribution in [2.75, 3.05) is 13.2 Å². The predicted octanol–water partition coefficient (Wildman–Crippen LogP) is 2.55. The van der Waals surface area contributed by atoms with Gasteiger partial charge < -0.3 is 18.9 Å². The van der Waals surface area contributed by atoms with E-state index in [2.05, 4.69) is 0 Å². The second-order valence-corrected chi connectivity index (χ2v) is 4.85. The molecule has 4 unspecified atom stereocenters. The zero-order valence-corrected chi connectivity index (χ0v) is 10.7. The number of hydrogen-bond acceptors (Lipinski definition) is 4. The Hall–Kier alpha value is -0.940. The quantitative estimate of drug-likeness (QED) is 0.808. The van der Waals surface area contributed by atoms with Gasteiger partial charge in [0.05, 0.1) is 25.4 Å². The van der Waals surface area contributed by atoms with Crippen LogP contribution in [-0.2, 0) is 18.9 Å². The van der Waals surface area contributed by atoms with E-state index in [9.17, 15) is 0 Å². The van der Waals surface area contributed by atoms with Gasteiger partial charge in [-0.25, -0.2) is 0 Å². The van der Waals surface area contributed by atoms with E-state index in [0.717, 1.165) is 11.1 Å². The largest absolute Gasteiger partial charge is 0.346 e. The molecule has 2 saturated heterocycles. The van der Waals surface area contributed by atoms with Gasteiger partial charge in [-0.15, -0.1) is 0 Å². The molecule has 98 valence electrons. The fourth-order valence-electron chi connectivity index (χ4n) is 2.29. The molecule has 4 nitrogen and oxygen atoms in total. The average molecular weight is 250 g/mol. The first-order valence-electron chi connectivity index (χ1n) is 6.37. The highest BCUT2D eigenvalue weighted by Gasteiger charge is 2.31. The molecule has 4 atom stereocenters. The molecule has 0 bridgehead atoms. The fraction of sp³-hybridized carbons (Fsp3) is 0.571. The molecule has 0 aromatic heterocycles. The Balaban J connectivity index is 1.85. The molecule has 0 N–H and O–H groups in total. The summed E-state index contributed by atoms with van der Waals surface area (Å²) in [6.07, 6.45) is -0.349. The van der Waals surface area contributed by atoms with Crippen molar-refractivity contribution in [3.8, 4) is 0 Å². The summed E-state index contributed by atoms with van der Waals surface area (Å²) in [5.74, 6) is 0. The van der Waals surface area contributed by atoms with Crippen LogP contribution in [0, 0.1) is 0 Å². The van der Waals surface area contributed by atoms with Crippen LogP contribution >= 0.6 is 0 Å². The maximum absolute atomic E-state index is 5.74. The lowest BCUT2D eigenvalue weighted by molar-refractivity contribution is -0.0761. The molecule has 1 aromatic carbocycles. The van der Waals surface area contributed by atoms with E-state index in [4.69, 9.17) is 18.9 Å². The summed E-state index contributed by atoms with van der Waals surface area (Å²) < 4.78 is 22.8. The fourth-order valence-corrected chi connectivity index (χ4v) is 2.29. The van der Waals surface area contributed by atoms with Gasteiger partial charge in [-0.2, -0.15) is 0 Å². The molecule has 0 aliphatic carbocycles. The summed E-state index contributed by atoms with van der Waals surface area (Å²) in [6, 6.07) is 7.97. The van der Waals surface area contributed by atoms with Gasteiger partial charge in [0.25, 0.3) is 0 Å². The minimum absolute atomic E-state index is 0.132. The predicted molar refractivity (Wildman–Crippen MR) is 64.9 cm³/mol. The molecule has 2 fully saturated rings. The Morgan fingerprint density at radius 2 is 1.28 bits per heavy atom. The Bertz CT molecular complexity index is 381. The Kier molecular flexibility index (Phi) is 3.35. The van der Waals surface area contributed by atoms with Crippen LogP contribution in [0.5, 0.6) is 0 Å². The third kappa shape index (κ3) is 2.29. The second-order valence-electron chi connectivity index (χ2n) is 4.85. The number of benzene rings is 1. The normalized spacial score (nSPS) is 36.1. The lowest BCUT2D eigenvalue weighted by atomic mass is 10.1. The van der Waals surface area contributed by atoms with E-state index in [1.807, 2.05) is 38.1 Å².